The van der Waals surface area contributed by atoms with Crippen LogP contribution in [0.1, 0.15) is 27.2 Å². The van der Waals surface area contributed by atoms with Gasteiger partial charge >= 0.3 is 6.03 Å². The number of benzene rings is 2. The number of morpholine rings is 1. The van der Waals surface area contributed by atoms with E-state index in [-0.39, 0.29) is 5.78 Å². The van der Waals surface area contributed by atoms with Crippen molar-refractivity contribution in [2.75, 3.05) is 44.0 Å². The van der Waals surface area contributed by atoms with Gasteiger partial charge in [0.1, 0.15) is 5.75 Å². The number of para-hydroxylation sites is 1. The molecule has 0 saturated carbocycles. The number of anilines is 2. The zero-order valence-corrected chi connectivity index (χ0v) is 19.4. The topological polar surface area (TPSA) is 92.8 Å². The summed E-state index contributed by atoms with van der Waals surface area (Å²) in [6.07, 6.45) is 0. The number of amides is 2. The Morgan fingerprint density at radius 3 is 2.70 bits per heavy atom. The van der Waals surface area contributed by atoms with Crippen LogP contribution >= 0.6 is 11.3 Å². The van der Waals surface area contributed by atoms with E-state index in [1.165, 1.54) is 18.4 Å². The molecule has 0 atom stereocenters. The first-order valence-electron chi connectivity index (χ1n) is 10.6. The maximum absolute atomic E-state index is 13.3. The molecule has 3 aromatic rings. The Labute approximate surface area is 196 Å². The van der Waals surface area contributed by atoms with Gasteiger partial charge in [-0.25, -0.2) is 9.78 Å². The van der Waals surface area contributed by atoms with Gasteiger partial charge in [-0.3, -0.25) is 15.0 Å². The normalized spacial score (nSPS) is 14.0. The lowest BCUT2D eigenvalue weighted by Crippen LogP contribution is -2.35. The summed E-state index contributed by atoms with van der Waals surface area (Å²) >= 11 is 1.37. The summed E-state index contributed by atoms with van der Waals surface area (Å²) in [5.41, 5.74) is 3.05. The predicted molar refractivity (Wildman–Crippen MR) is 128 cm³/mol. The number of ketones is 1. The zero-order chi connectivity index (χ0) is 23.2. The third-order valence-corrected chi connectivity index (χ3v) is 6.09. The number of nitrogens with one attached hydrogen (secondary N) is 2. The fourth-order valence-electron chi connectivity index (χ4n) is 3.61. The minimum Gasteiger partial charge on any atom is -0.496 e. The SMILES string of the molecule is COc1ccccc1C(=O)c1cc(C)ccc1NC(=O)Nc1nc(CN2CCOCC2)cs1. The van der Waals surface area contributed by atoms with Gasteiger partial charge in [-0.2, -0.15) is 0 Å². The summed E-state index contributed by atoms with van der Waals surface area (Å²) in [4.78, 5) is 32.7. The molecular weight excluding hydrogens is 440 g/mol. The van der Waals surface area contributed by atoms with Crippen LogP contribution in [0.3, 0.4) is 0 Å². The third kappa shape index (κ3) is 5.75. The second kappa shape index (κ2) is 10.6. The van der Waals surface area contributed by atoms with Gasteiger partial charge in [0.15, 0.2) is 10.9 Å². The summed E-state index contributed by atoms with van der Waals surface area (Å²) < 4.78 is 10.7. The van der Waals surface area contributed by atoms with Crippen molar-refractivity contribution in [2.45, 2.75) is 13.5 Å². The van der Waals surface area contributed by atoms with Gasteiger partial charge in [-0.1, -0.05) is 23.8 Å². The number of aryl methyl sites for hydroxylation is 1. The molecule has 172 valence electrons. The van der Waals surface area contributed by atoms with Crippen LogP contribution in [0.15, 0.2) is 47.8 Å². The van der Waals surface area contributed by atoms with E-state index < -0.39 is 6.03 Å². The molecule has 4 rings (SSSR count). The van der Waals surface area contributed by atoms with E-state index in [0.717, 1.165) is 44.1 Å². The summed E-state index contributed by atoms with van der Waals surface area (Å²) in [7, 11) is 1.52. The van der Waals surface area contributed by atoms with Gasteiger partial charge in [0.05, 0.1) is 37.3 Å². The first kappa shape index (κ1) is 22.9. The summed E-state index contributed by atoms with van der Waals surface area (Å²) in [6, 6.07) is 11.9. The van der Waals surface area contributed by atoms with Crippen LogP contribution < -0.4 is 15.4 Å². The third-order valence-electron chi connectivity index (χ3n) is 5.28. The molecule has 2 heterocycles. The monoisotopic (exact) mass is 466 g/mol. The summed E-state index contributed by atoms with van der Waals surface area (Å²) in [5.74, 6) is 0.253. The quantitative estimate of drug-likeness (QED) is 0.508. The highest BCUT2D eigenvalue weighted by molar-refractivity contribution is 7.13. The number of thiazole rings is 1. The van der Waals surface area contributed by atoms with E-state index in [1.54, 1.807) is 36.4 Å². The predicted octanol–water partition coefficient (Wildman–Crippen LogP) is 4.17. The molecule has 2 aromatic carbocycles. The van der Waals surface area contributed by atoms with Gasteiger partial charge in [-0.05, 0) is 31.2 Å². The lowest BCUT2D eigenvalue weighted by Gasteiger charge is -2.25. The number of nitrogens with zero attached hydrogens (tertiary/aromatic N) is 2. The van der Waals surface area contributed by atoms with Gasteiger partial charge < -0.3 is 14.8 Å². The number of urea groups is 1. The van der Waals surface area contributed by atoms with Crippen molar-refractivity contribution >= 4 is 34.0 Å². The first-order chi connectivity index (χ1) is 16.0. The lowest BCUT2D eigenvalue weighted by molar-refractivity contribution is 0.0337. The van der Waals surface area contributed by atoms with Gasteiger partial charge in [0, 0.05) is 30.6 Å². The van der Waals surface area contributed by atoms with Crippen molar-refractivity contribution in [1.29, 1.82) is 0 Å². The molecule has 2 amide bonds. The second-order valence-corrected chi connectivity index (χ2v) is 8.55. The number of rotatable bonds is 7. The number of carbonyl (C=O) groups is 2. The Morgan fingerprint density at radius 1 is 1.12 bits per heavy atom. The van der Waals surface area contributed by atoms with E-state index in [2.05, 4.69) is 20.5 Å². The molecule has 2 N–H and O–H groups in total. The maximum atomic E-state index is 13.3. The van der Waals surface area contributed by atoms with Crippen molar-refractivity contribution in [2.24, 2.45) is 0 Å². The average molecular weight is 467 g/mol. The molecule has 1 saturated heterocycles. The molecule has 0 spiro atoms. The van der Waals surface area contributed by atoms with Crippen LogP contribution in [-0.4, -0.2) is 55.1 Å². The van der Waals surface area contributed by atoms with Crippen LogP contribution in [-0.2, 0) is 11.3 Å². The van der Waals surface area contributed by atoms with E-state index >= 15 is 0 Å². The molecule has 1 aliphatic heterocycles. The van der Waals surface area contributed by atoms with Crippen molar-refractivity contribution in [3.8, 4) is 5.75 Å². The van der Waals surface area contributed by atoms with Crippen LogP contribution in [0, 0.1) is 6.92 Å². The Morgan fingerprint density at radius 2 is 1.91 bits per heavy atom. The summed E-state index contributed by atoms with van der Waals surface area (Å²) in [6.45, 7) is 5.82. The van der Waals surface area contributed by atoms with E-state index in [9.17, 15) is 9.59 Å². The fourth-order valence-corrected chi connectivity index (χ4v) is 4.30. The zero-order valence-electron chi connectivity index (χ0n) is 18.6. The van der Waals surface area contributed by atoms with Crippen molar-refractivity contribution in [1.82, 2.24) is 9.88 Å². The van der Waals surface area contributed by atoms with Crippen LogP contribution in [0.2, 0.25) is 0 Å². The molecule has 0 bridgehead atoms. The molecular formula is C24H26N4O4S. The highest BCUT2D eigenvalue weighted by atomic mass is 32.1. The summed E-state index contributed by atoms with van der Waals surface area (Å²) in [5, 5.41) is 8.00. The minimum absolute atomic E-state index is 0.228. The molecule has 1 aromatic heterocycles. The fraction of sp³-hybridized carbons (Fsp3) is 0.292. The largest absolute Gasteiger partial charge is 0.496 e. The Hall–Kier alpha value is -3.27. The number of hydrogen-bond acceptors (Lipinski definition) is 7. The maximum Gasteiger partial charge on any atom is 0.325 e. The number of aromatic nitrogens is 1. The standard InChI is InChI=1S/C24H26N4O4S/c1-16-7-8-20(19(13-16)22(29)18-5-3-4-6-21(18)31-2)26-23(30)27-24-25-17(15-33-24)14-28-9-11-32-12-10-28/h3-8,13,15H,9-12,14H2,1-2H3,(H2,25,26,27,30). The Balaban J connectivity index is 1.46. The van der Waals surface area contributed by atoms with E-state index in [1.807, 2.05) is 18.4 Å². The molecule has 0 radical (unpaired) electrons. The van der Waals surface area contributed by atoms with Gasteiger partial charge in [-0.15, -0.1) is 11.3 Å². The highest BCUT2D eigenvalue weighted by Crippen LogP contribution is 2.26. The van der Waals surface area contributed by atoms with Gasteiger partial charge in [0.25, 0.3) is 0 Å². The number of methoxy groups -OCH3 is 1. The Kier molecular flexibility index (Phi) is 7.33. The van der Waals surface area contributed by atoms with Crippen molar-refractivity contribution in [3.63, 3.8) is 0 Å². The van der Waals surface area contributed by atoms with Crippen LogP contribution in [0.25, 0.3) is 0 Å². The molecule has 8 nitrogen and oxygen atoms in total. The second-order valence-electron chi connectivity index (χ2n) is 7.69. The molecule has 0 aliphatic carbocycles. The molecule has 9 heteroatoms. The average Bonchev–Trinajstić information content (AvgIpc) is 3.26. The first-order valence-corrected chi connectivity index (χ1v) is 11.5. The van der Waals surface area contributed by atoms with Crippen LogP contribution in [0.5, 0.6) is 5.75 Å². The number of carbonyl (C=O) groups excluding carboxylic acids is 2. The van der Waals surface area contributed by atoms with Crippen molar-refractivity contribution in [3.05, 3.63) is 70.2 Å². The number of hydrogen-bond donors (Lipinski definition) is 2. The smallest absolute Gasteiger partial charge is 0.325 e. The minimum atomic E-state index is -0.458. The molecule has 0 unspecified atom stereocenters. The highest BCUT2D eigenvalue weighted by Gasteiger charge is 2.19. The van der Waals surface area contributed by atoms with E-state index in [0.29, 0.717) is 27.7 Å². The number of ether oxygens (including phenoxy) is 2. The molecule has 1 fully saturated rings. The molecule has 33 heavy (non-hydrogen) atoms. The van der Waals surface area contributed by atoms with Gasteiger partial charge in [0.2, 0.25) is 0 Å². The molecule has 1 aliphatic rings. The lowest BCUT2D eigenvalue weighted by atomic mass is 9.99. The van der Waals surface area contributed by atoms with Crippen LogP contribution in [0.4, 0.5) is 15.6 Å². The van der Waals surface area contributed by atoms with Crippen molar-refractivity contribution < 1.29 is 19.1 Å². The van der Waals surface area contributed by atoms with E-state index in [4.69, 9.17) is 9.47 Å². The Bertz CT molecular complexity index is 1140.